The van der Waals surface area contributed by atoms with Gasteiger partial charge in [-0.25, -0.2) is 0 Å². The molecule has 1 N–H and O–H groups in total. The lowest BCUT2D eigenvalue weighted by molar-refractivity contribution is 0.741. The summed E-state index contributed by atoms with van der Waals surface area (Å²) in [6.07, 6.45) is 10.4. The molecule has 0 saturated heterocycles. The number of rotatable bonds is 3. The topological polar surface area (TPSA) is 17.0 Å². The molecule has 1 aliphatic heterocycles. The molecule has 172 valence electrons. The number of benzene rings is 5. The second-order valence-electron chi connectivity index (χ2n) is 9.19. The molecular formula is C33H24N2S. The first-order chi connectivity index (χ1) is 17.8. The zero-order valence-corrected chi connectivity index (χ0v) is 20.5. The van der Waals surface area contributed by atoms with Crippen molar-refractivity contribution in [2.75, 3.05) is 0 Å². The first-order valence-corrected chi connectivity index (χ1v) is 12.7. The highest BCUT2D eigenvalue weighted by molar-refractivity contribution is 7.83. The van der Waals surface area contributed by atoms with Gasteiger partial charge in [0.05, 0.1) is 22.8 Å². The highest BCUT2D eigenvalue weighted by atomic mass is 32.1. The van der Waals surface area contributed by atoms with Crippen molar-refractivity contribution in [2.45, 2.75) is 6.04 Å². The van der Waals surface area contributed by atoms with E-state index < -0.39 is 0 Å². The van der Waals surface area contributed by atoms with E-state index in [-0.39, 0.29) is 6.04 Å². The highest BCUT2D eigenvalue weighted by Crippen LogP contribution is 2.43. The van der Waals surface area contributed by atoms with Gasteiger partial charge in [-0.2, -0.15) is 12.6 Å². The molecule has 0 bridgehead atoms. The minimum Gasteiger partial charge on any atom is -0.381 e. The van der Waals surface area contributed by atoms with E-state index in [0.717, 1.165) is 5.56 Å². The summed E-state index contributed by atoms with van der Waals surface area (Å²) in [5.41, 5.74) is 6.02. The van der Waals surface area contributed by atoms with Crippen LogP contribution in [0.1, 0.15) is 17.2 Å². The second kappa shape index (κ2) is 8.47. The number of thiol groups is 1. The van der Waals surface area contributed by atoms with Crippen molar-refractivity contribution in [3.63, 3.8) is 0 Å². The Labute approximate surface area is 215 Å². The molecule has 36 heavy (non-hydrogen) atoms. The number of hydrogen-bond donors (Lipinski definition) is 2. The highest BCUT2D eigenvalue weighted by Gasteiger charge is 2.22. The lowest BCUT2D eigenvalue weighted by Crippen LogP contribution is -2.17. The summed E-state index contributed by atoms with van der Waals surface area (Å²) >= 11 is 4.34. The Morgan fingerprint density at radius 1 is 0.722 bits per heavy atom. The third kappa shape index (κ3) is 3.13. The fourth-order valence-corrected chi connectivity index (χ4v) is 5.90. The molecule has 1 unspecified atom stereocenters. The molecule has 5 aromatic carbocycles. The van der Waals surface area contributed by atoms with Crippen LogP contribution in [0.15, 0.2) is 121 Å². The Bertz CT molecular complexity index is 1890. The van der Waals surface area contributed by atoms with E-state index in [1.165, 1.54) is 54.6 Å². The third-order valence-electron chi connectivity index (χ3n) is 7.23. The predicted molar refractivity (Wildman–Crippen MR) is 158 cm³/mol. The molecule has 1 aromatic heterocycles. The third-order valence-corrected chi connectivity index (χ3v) is 7.38. The number of aromatic nitrogens is 1. The monoisotopic (exact) mass is 480 g/mol. The molecule has 6 aromatic rings. The normalized spacial score (nSPS) is 15.5. The molecule has 0 spiro atoms. The van der Waals surface area contributed by atoms with Crippen molar-refractivity contribution in [3.8, 4) is 5.69 Å². The fraction of sp³-hybridized carbons (Fsp3) is 0.0303. The summed E-state index contributed by atoms with van der Waals surface area (Å²) in [6, 6.07) is 33.2. The first kappa shape index (κ1) is 21.1. The van der Waals surface area contributed by atoms with Crippen molar-refractivity contribution >= 4 is 62.1 Å². The van der Waals surface area contributed by atoms with E-state index in [9.17, 15) is 0 Å². The van der Waals surface area contributed by atoms with Gasteiger partial charge in [-0.05, 0) is 63.7 Å². The van der Waals surface area contributed by atoms with Crippen molar-refractivity contribution in [1.82, 2.24) is 9.88 Å². The van der Waals surface area contributed by atoms with Crippen LogP contribution >= 0.6 is 12.6 Å². The zero-order chi connectivity index (χ0) is 24.1. The van der Waals surface area contributed by atoms with Gasteiger partial charge in [0.15, 0.2) is 0 Å². The zero-order valence-electron chi connectivity index (χ0n) is 19.6. The van der Waals surface area contributed by atoms with Gasteiger partial charge in [-0.15, -0.1) is 0 Å². The summed E-state index contributed by atoms with van der Waals surface area (Å²) in [5, 5.41) is 13.0. The maximum Gasteiger partial charge on any atom is 0.0716 e. The van der Waals surface area contributed by atoms with Crippen molar-refractivity contribution < 1.29 is 0 Å². The van der Waals surface area contributed by atoms with E-state index in [0.29, 0.717) is 0 Å². The Balaban J connectivity index is 1.72. The van der Waals surface area contributed by atoms with Crippen molar-refractivity contribution in [2.24, 2.45) is 0 Å². The maximum atomic E-state index is 4.34. The molecule has 1 aliphatic rings. The fourth-order valence-electron chi connectivity index (χ4n) is 5.73. The number of nitrogens with one attached hydrogen (secondary N) is 1. The van der Waals surface area contributed by atoms with Gasteiger partial charge < -0.3 is 9.88 Å². The molecule has 2 nitrogen and oxygen atoms in total. The minimum atomic E-state index is 0.108. The van der Waals surface area contributed by atoms with Crippen LogP contribution < -0.4 is 5.32 Å². The Kier molecular flexibility index (Phi) is 4.97. The Morgan fingerprint density at radius 2 is 1.44 bits per heavy atom. The van der Waals surface area contributed by atoms with E-state index in [1.807, 2.05) is 18.4 Å². The van der Waals surface area contributed by atoms with E-state index >= 15 is 0 Å². The smallest absolute Gasteiger partial charge is 0.0716 e. The second-order valence-corrected chi connectivity index (χ2v) is 9.49. The average Bonchev–Trinajstić information content (AvgIpc) is 3.29. The molecule has 0 amide bonds. The molecular weight excluding hydrogens is 456 g/mol. The van der Waals surface area contributed by atoms with Crippen LogP contribution in [0.5, 0.6) is 0 Å². The van der Waals surface area contributed by atoms with Gasteiger partial charge in [0.2, 0.25) is 0 Å². The van der Waals surface area contributed by atoms with Crippen LogP contribution in [0.25, 0.3) is 55.1 Å². The van der Waals surface area contributed by atoms with Crippen LogP contribution in [-0.4, -0.2) is 4.57 Å². The van der Waals surface area contributed by atoms with Crippen LogP contribution in [0.2, 0.25) is 0 Å². The summed E-state index contributed by atoms with van der Waals surface area (Å²) in [6.45, 7) is 0. The Morgan fingerprint density at radius 3 is 2.22 bits per heavy atom. The summed E-state index contributed by atoms with van der Waals surface area (Å²) in [5.74, 6) is 0. The lowest BCUT2D eigenvalue weighted by atomic mass is 9.96. The van der Waals surface area contributed by atoms with Gasteiger partial charge in [0.25, 0.3) is 0 Å². The molecule has 0 fully saturated rings. The van der Waals surface area contributed by atoms with E-state index in [4.69, 9.17) is 0 Å². The molecule has 0 aliphatic carbocycles. The standard InChI is InChI=1S/C33H24N2S/c36-20-18-22-16-17-31-28(21-22)32-25-11-3-1-9-23(25)24-10-2-4-12-26(24)33(32)35(31)30-15-6-5-13-27(30)29-14-7-8-19-34-29/h1-21,29,34,36H/b20-18-. The largest absolute Gasteiger partial charge is 0.381 e. The number of fused-ring (bicyclic) bond motifs is 8. The molecule has 7 rings (SSSR count). The van der Waals surface area contributed by atoms with Gasteiger partial charge in [0.1, 0.15) is 0 Å². The summed E-state index contributed by atoms with van der Waals surface area (Å²) < 4.78 is 2.47. The lowest BCUT2D eigenvalue weighted by Gasteiger charge is -2.21. The average molecular weight is 481 g/mol. The Hall–Kier alpha value is -4.21. The van der Waals surface area contributed by atoms with Crippen LogP contribution in [0.3, 0.4) is 0 Å². The van der Waals surface area contributed by atoms with E-state index in [2.05, 4.69) is 126 Å². The SMILES string of the molecule is S/C=C\c1ccc2c(c1)c1c3ccccc3c3ccccc3c1n2-c1ccccc1C1C=CC=CN1. The summed E-state index contributed by atoms with van der Waals surface area (Å²) in [7, 11) is 0. The molecule has 1 atom stereocenters. The molecule has 2 heterocycles. The van der Waals surface area contributed by atoms with Crippen LogP contribution in [0.4, 0.5) is 0 Å². The molecule has 0 radical (unpaired) electrons. The number of nitrogens with zero attached hydrogens (tertiary/aromatic N) is 1. The summed E-state index contributed by atoms with van der Waals surface area (Å²) in [4.78, 5) is 0. The van der Waals surface area contributed by atoms with Crippen molar-refractivity contribution in [1.29, 1.82) is 0 Å². The number of dihydropyridines is 1. The molecule has 3 heteroatoms. The van der Waals surface area contributed by atoms with Gasteiger partial charge in [-0.3, -0.25) is 0 Å². The van der Waals surface area contributed by atoms with Gasteiger partial charge in [0, 0.05) is 21.7 Å². The maximum absolute atomic E-state index is 4.34. The van der Waals surface area contributed by atoms with Crippen LogP contribution in [-0.2, 0) is 0 Å². The van der Waals surface area contributed by atoms with Crippen LogP contribution in [0, 0.1) is 0 Å². The van der Waals surface area contributed by atoms with Crippen molar-refractivity contribution in [3.05, 3.63) is 132 Å². The number of hydrogen-bond acceptors (Lipinski definition) is 2. The van der Waals surface area contributed by atoms with Gasteiger partial charge in [-0.1, -0.05) is 84.9 Å². The quantitative estimate of drug-likeness (QED) is 0.191. The number of allylic oxidation sites excluding steroid dienone is 2. The van der Waals surface area contributed by atoms with Gasteiger partial charge >= 0.3 is 0 Å². The first-order valence-electron chi connectivity index (χ1n) is 12.2. The molecule has 0 saturated carbocycles. The van der Waals surface area contributed by atoms with E-state index in [1.54, 1.807) is 5.41 Å². The number of para-hydroxylation sites is 1. The predicted octanol–water partition coefficient (Wildman–Crippen LogP) is 8.70. The minimum absolute atomic E-state index is 0.108.